The van der Waals surface area contributed by atoms with Crippen molar-refractivity contribution >= 4 is 23.4 Å². The predicted molar refractivity (Wildman–Crippen MR) is 72.4 cm³/mol. The number of hydrogen-bond acceptors (Lipinski definition) is 2. The highest BCUT2D eigenvalue weighted by molar-refractivity contribution is 7.99. The maximum Gasteiger partial charge on any atom is 0.0410 e. The number of rotatable bonds is 3. The van der Waals surface area contributed by atoms with Gasteiger partial charge in [-0.05, 0) is 48.4 Å². The Labute approximate surface area is 107 Å². The second-order valence-corrected chi connectivity index (χ2v) is 6.25. The molecule has 1 aromatic carbocycles. The lowest BCUT2D eigenvalue weighted by Gasteiger charge is -2.27. The van der Waals surface area contributed by atoms with Crippen LogP contribution in [0.5, 0.6) is 0 Å². The summed E-state index contributed by atoms with van der Waals surface area (Å²) in [5.74, 6) is 1.89. The third kappa shape index (κ3) is 2.93. The van der Waals surface area contributed by atoms with E-state index in [0.717, 1.165) is 11.6 Å². The molecule has 1 heterocycles. The van der Waals surface area contributed by atoms with Gasteiger partial charge in [-0.1, -0.05) is 25.4 Å². The summed E-state index contributed by atoms with van der Waals surface area (Å²) >= 11 is 8.00. The Balaban J connectivity index is 2.15. The topological polar surface area (TPSA) is 12.0 Å². The summed E-state index contributed by atoms with van der Waals surface area (Å²) in [5.41, 5.74) is 1.38. The molecule has 1 aliphatic rings. The van der Waals surface area contributed by atoms with Gasteiger partial charge in [-0.2, -0.15) is 0 Å². The summed E-state index contributed by atoms with van der Waals surface area (Å²) in [6.45, 7) is 5.55. The van der Waals surface area contributed by atoms with Gasteiger partial charge in [-0.3, -0.25) is 0 Å². The number of nitrogens with one attached hydrogen (secondary N) is 1. The largest absolute Gasteiger partial charge is 0.310 e. The Kier molecular flexibility index (Phi) is 4.17. The Morgan fingerprint density at radius 3 is 3.06 bits per heavy atom. The molecule has 0 fully saturated rings. The standard InChI is InChI=1S/C13H18ClNS/c1-9(2)8-15-12-5-6-16-13-4-3-10(14)7-11(12)13/h3-4,7,9,12,15H,5-6,8H2,1-2H3. The molecule has 3 heteroatoms. The first-order chi connectivity index (χ1) is 7.66. The quantitative estimate of drug-likeness (QED) is 0.872. The Hall–Kier alpha value is -0.180. The molecule has 0 saturated heterocycles. The van der Waals surface area contributed by atoms with Gasteiger partial charge in [-0.25, -0.2) is 0 Å². The SMILES string of the molecule is CC(C)CNC1CCSc2ccc(Cl)cc21. The zero-order valence-corrected chi connectivity index (χ0v) is 11.4. The van der Waals surface area contributed by atoms with Crippen LogP contribution in [0.1, 0.15) is 31.9 Å². The summed E-state index contributed by atoms with van der Waals surface area (Å²) < 4.78 is 0. The molecule has 1 nitrogen and oxygen atoms in total. The number of fused-ring (bicyclic) bond motifs is 1. The maximum absolute atomic E-state index is 6.07. The average molecular weight is 256 g/mol. The molecule has 0 aromatic heterocycles. The first-order valence-electron chi connectivity index (χ1n) is 5.82. The molecule has 0 bridgehead atoms. The maximum atomic E-state index is 6.07. The molecule has 0 saturated carbocycles. The summed E-state index contributed by atoms with van der Waals surface area (Å²) in [7, 11) is 0. The van der Waals surface area contributed by atoms with Crippen molar-refractivity contribution in [1.29, 1.82) is 0 Å². The molecule has 16 heavy (non-hydrogen) atoms. The fourth-order valence-corrected chi connectivity index (χ4v) is 3.24. The molecule has 1 unspecified atom stereocenters. The van der Waals surface area contributed by atoms with Crippen LogP contribution in [0, 0.1) is 5.92 Å². The minimum atomic E-state index is 0.484. The van der Waals surface area contributed by atoms with Crippen LogP contribution in [0.3, 0.4) is 0 Å². The van der Waals surface area contributed by atoms with E-state index >= 15 is 0 Å². The summed E-state index contributed by atoms with van der Waals surface area (Å²) in [6, 6.07) is 6.72. The van der Waals surface area contributed by atoms with E-state index in [0.29, 0.717) is 12.0 Å². The van der Waals surface area contributed by atoms with E-state index in [-0.39, 0.29) is 0 Å². The van der Waals surface area contributed by atoms with Crippen molar-refractivity contribution in [3.63, 3.8) is 0 Å². The van der Waals surface area contributed by atoms with Gasteiger partial charge < -0.3 is 5.32 Å². The van der Waals surface area contributed by atoms with E-state index < -0.39 is 0 Å². The second-order valence-electron chi connectivity index (χ2n) is 4.67. The van der Waals surface area contributed by atoms with E-state index in [1.807, 2.05) is 17.8 Å². The number of benzene rings is 1. The monoisotopic (exact) mass is 255 g/mol. The van der Waals surface area contributed by atoms with Crippen molar-refractivity contribution < 1.29 is 0 Å². The zero-order valence-electron chi connectivity index (χ0n) is 9.79. The van der Waals surface area contributed by atoms with E-state index in [4.69, 9.17) is 11.6 Å². The molecular weight excluding hydrogens is 238 g/mol. The highest BCUT2D eigenvalue weighted by atomic mass is 35.5. The predicted octanol–water partition coefficient (Wildman–Crippen LogP) is 4.12. The zero-order chi connectivity index (χ0) is 11.5. The molecule has 1 N–H and O–H groups in total. The molecule has 0 amide bonds. The minimum Gasteiger partial charge on any atom is -0.310 e. The van der Waals surface area contributed by atoms with Crippen molar-refractivity contribution in [2.24, 2.45) is 5.92 Å². The van der Waals surface area contributed by atoms with Crippen molar-refractivity contribution in [3.05, 3.63) is 28.8 Å². The van der Waals surface area contributed by atoms with Crippen LogP contribution in [-0.4, -0.2) is 12.3 Å². The lowest BCUT2D eigenvalue weighted by molar-refractivity contribution is 0.459. The van der Waals surface area contributed by atoms with Gasteiger partial charge in [0.15, 0.2) is 0 Å². The molecule has 1 atom stereocenters. The van der Waals surface area contributed by atoms with E-state index in [9.17, 15) is 0 Å². The smallest absolute Gasteiger partial charge is 0.0410 e. The molecule has 0 spiro atoms. The fraction of sp³-hybridized carbons (Fsp3) is 0.538. The Morgan fingerprint density at radius 1 is 1.50 bits per heavy atom. The van der Waals surface area contributed by atoms with Crippen molar-refractivity contribution in [2.45, 2.75) is 31.2 Å². The highest BCUT2D eigenvalue weighted by Crippen LogP contribution is 2.37. The van der Waals surface area contributed by atoms with Crippen LogP contribution < -0.4 is 5.32 Å². The first kappa shape index (κ1) is 12.3. The fourth-order valence-electron chi connectivity index (χ4n) is 1.96. The first-order valence-corrected chi connectivity index (χ1v) is 7.19. The summed E-state index contributed by atoms with van der Waals surface area (Å²) in [5, 5.41) is 4.48. The molecule has 1 aromatic rings. The van der Waals surface area contributed by atoms with Gasteiger partial charge in [0, 0.05) is 16.0 Å². The number of hydrogen-bond donors (Lipinski definition) is 1. The van der Waals surface area contributed by atoms with E-state index in [2.05, 4.69) is 31.3 Å². The van der Waals surface area contributed by atoms with Gasteiger partial charge in [-0.15, -0.1) is 11.8 Å². The van der Waals surface area contributed by atoms with E-state index in [1.165, 1.54) is 22.6 Å². The highest BCUT2D eigenvalue weighted by Gasteiger charge is 2.20. The minimum absolute atomic E-state index is 0.484. The third-order valence-electron chi connectivity index (χ3n) is 2.78. The van der Waals surface area contributed by atoms with Crippen molar-refractivity contribution in [3.8, 4) is 0 Å². The molecule has 88 valence electrons. The van der Waals surface area contributed by atoms with Crippen LogP contribution in [0.25, 0.3) is 0 Å². The number of thioether (sulfide) groups is 1. The normalized spacial score (nSPS) is 19.9. The average Bonchev–Trinajstić information content (AvgIpc) is 2.26. The summed E-state index contributed by atoms with van der Waals surface area (Å²) in [6.07, 6.45) is 1.20. The van der Waals surface area contributed by atoms with Gasteiger partial charge in [0.1, 0.15) is 0 Å². The van der Waals surface area contributed by atoms with Gasteiger partial charge in [0.25, 0.3) is 0 Å². The van der Waals surface area contributed by atoms with E-state index in [1.54, 1.807) is 0 Å². The van der Waals surface area contributed by atoms with Crippen LogP contribution in [0.2, 0.25) is 5.02 Å². The summed E-state index contributed by atoms with van der Waals surface area (Å²) in [4.78, 5) is 1.39. The van der Waals surface area contributed by atoms with Gasteiger partial charge >= 0.3 is 0 Å². The Bertz CT molecular complexity index is 365. The molecule has 2 rings (SSSR count). The van der Waals surface area contributed by atoms with Gasteiger partial charge in [0.05, 0.1) is 0 Å². The van der Waals surface area contributed by atoms with Crippen LogP contribution in [-0.2, 0) is 0 Å². The molecule has 0 aliphatic carbocycles. The second kappa shape index (κ2) is 5.44. The Morgan fingerprint density at radius 2 is 2.31 bits per heavy atom. The number of halogens is 1. The van der Waals surface area contributed by atoms with Crippen LogP contribution in [0.15, 0.2) is 23.1 Å². The molecule has 1 aliphatic heterocycles. The van der Waals surface area contributed by atoms with Crippen molar-refractivity contribution in [2.75, 3.05) is 12.3 Å². The van der Waals surface area contributed by atoms with Crippen molar-refractivity contribution in [1.82, 2.24) is 5.32 Å². The third-order valence-corrected chi connectivity index (χ3v) is 4.14. The van der Waals surface area contributed by atoms with Gasteiger partial charge in [0.2, 0.25) is 0 Å². The van der Waals surface area contributed by atoms with Crippen LogP contribution >= 0.6 is 23.4 Å². The lowest BCUT2D eigenvalue weighted by Crippen LogP contribution is -2.27. The van der Waals surface area contributed by atoms with Crippen LogP contribution in [0.4, 0.5) is 0 Å². The molecule has 0 radical (unpaired) electrons. The lowest BCUT2D eigenvalue weighted by atomic mass is 10.0. The molecular formula is C13H18ClNS.